The Hall–Kier alpha value is -1.40. The highest BCUT2D eigenvalue weighted by molar-refractivity contribution is 5.94. The van der Waals surface area contributed by atoms with Crippen LogP contribution in [-0.2, 0) is 13.0 Å². The first-order valence-electron chi connectivity index (χ1n) is 8.10. The van der Waals surface area contributed by atoms with Crippen molar-refractivity contribution in [3.63, 3.8) is 0 Å². The second-order valence-electron chi connectivity index (χ2n) is 6.49. The quantitative estimate of drug-likeness (QED) is 0.836. The Morgan fingerprint density at radius 3 is 2.81 bits per heavy atom. The highest BCUT2D eigenvalue weighted by atomic mass is 16.2. The molecule has 2 N–H and O–H groups in total. The van der Waals surface area contributed by atoms with E-state index in [4.69, 9.17) is 0 Å². The minimum absolute atomic E-state index is 0.0993. The molecule has 21 heavy (non-hydrogen) atoms. The number of aromatic nitrogens is 2. The zero-order chi connectivity index (χ0) is 14.2. The van der Waals surface area contributed by atoms with Gasteiger partial charge in [-0.1, -0.05) is 0 Å². The minimum Gasteiger partial charge on any atom is -0.335 e. The van der Waals surface area contributed by atoms with Gasteiger partial charge in [0.05, 0.1) is 0 Å². The molecule has 3 heterocycles. The summed E-state index contributed by atoms with van der Waals surface area (Å²) in [5.41, 5.74) is 2.84. The van der Waals surface area contributed by atoms with Crippen molar-refractivity contribution < 1.29 is 4.79 Å². The van der Waals surface area contributed by atoms with Crippen molar-refractivity contribution in [2.75, 3.05) is 39.3 Å². The fraction of sp³-hybridized carbons (Fsp3) is 0.733. The second-order valence-corrected chi connectivity index (χ2v) is 6.49. The first kappa shape index (κ1) is 13.3. The first-order valence-corrected chi connectivity index (χ1v) is 8.10. The summed E-state index contributed by atoms with van der Waals surface area (Å²) >= 11 is 0. The summed E-state index contributed by atoms with van der Waals surface area (Å²) in [6.45, 7) is 6.63. The summed E-state index contributed by atoms with van der Waals surface area (Å²) in [7, 11) is 0. The molecular formula is C15H23N5O. The Morgan fingerprint density at radius 1 is 1.24 bits per heavy atom. The molecule has 3 aliphatic rings. The third kappa shape index (κ3) is 2.70. The summed E-state index contributed by atoms with van der Waals surface area (Å²) < 4.78 is 0. The number of H-pyrrole nitrogens is 1. The Labute approximate surface area is 124 Å². The molecule has 6 heteroatoms. The van der Waals surface area contributed by atoms with Gasteiger partial charge < -0.3 is 10.2 Å². The van der Waals surface area contributed by atoms with Crippen LogP contribution in [0.2, 0.25) is 0 Å². The van der Waals surface area contributed by atoms with E-state index in [1.54, 1.807) is 0 Å². The molecule has 114 valence electrons. The van der Waals surface area contributed by atoms with Crippen molar-refractivity contribution in [1.29, 1.82) is 0 Å². The third-order valence-electron chi connectivity index (χ3n) is 4.88. The monoisotopic (exact) mass is 289 g/mol. The van der Waals surface area contributed by atoms with E-state index in [0.29, 0.717) is 5.69 Å². The van der Waals surface area contributed by atoms with Gasteiger partial charge in [-0.05, 0) is 18.8 Å². The summed E-state index contributed by atoms with van der Waals surface area (Å²) in [5.74, 6) is 1.03. The van der Waals surface area contributed by atoms with Gasteiger partial charge in [0.1, 0.15) is 0 Å². The molecule has 1 amide bonds. The van der Waals surface area contributed by atoms with Crippen LogP contribution in [0.1, 0.15) is 34.6 Å². The number of nitrogens with zero attached hydrogens (tertiary/aromatic N) is 3. The van der Waals surface area contributed by atoms with Crippen LogP contribution in [0.15, 0.2) is 0 Å². The van der Waals surface area contributed by atoms with Crippen molar-refractivity contribution in [2.24, 2.45) is 5.92 Å². The normalized spacial score (nSPS) is 23.1. The van der Waals surface area contributed by atoms with Crippen LogP contribution in [0.5, 0.6) is 0 Å². The predicted molar refractivity (Wildman–Crippen MR) is 79.1 cm³/mol. The van der Waals surface area contributed by atoms with Gasteiger partial charge in [-0.3, -0.25) is 14.8 Å². The maximum absolute atomic E-state index is 12.7. The lowest BCUT2D eigenvalue weighted by atomic mass is 10.1. The smallest absolute Gasteiger partial charge is 0.274 e. The highest BCUT2D eigenvalue weighted by Crippen LogP contribution is 2.30. The maximum atomic E-state index is 12.7. The van der Waals surface area contributed by atoms with Gasteiger partial charge in [0.15, 0.2) is 5.69 Å². The molecule has 4 rings (SSSR count). The number of fused-ring (bicyclic) bond motifs is 1. The van der Waals surface area contributed by atoms with Crippen molar-refractivity contribution in [1.82, 2.24) is 25.3 Å². The number of nitrogens with one attached hydrogen (secondary N) is 2. The van der Waals surface area contributed by atoms with Gasteiger partial charge in [0.25, 0.3) is 5.91 Å². The van der Waals surface area contributed by atoms with Crippen LogP contribution in [0.25, 0.3) is 0 Å². The zero-order valence-corrected chi connectivity index (χ0v) is 12.4. The minimum atomic E-state index is 0.0993. The van der Waals surface area contributed by atoms with Crippen molar-refractivity contribution in [3.8, 4) is 0 Å². The first-order chi connectivity index (χ1) is 10.3. The van der Waals surface area contributed by atoms with E-state index in [0.717, 1.165) is 62.9 Å². The van der Waals surface area contributed by atoms with Crippen LogP contribution >= 0.6 is 0 Å². The van der Waals surface area contributed by atoms with Gasteiger partial charge in [0.2, 0.25) is 0 Å². The van der Waals surface area contributed by atoms with E-state index in [1.165, 1.54) is 19.4 Å². The van der Waals surface area contributed by atoms with Crippen molar-refractivity contribution >= 4 is 5.91 Å². The fourth-order valence-electron chi connectivity index (χ4n) is 3.35. The number of amides is 1. The molecule has 2 fully saturated rings. The Kier molecular flexibility index (Phi) is 3.43. The number of hydrogen-bond donors (Lipinski definition) is 2. The summed E-state index contributed by atoms with van der Waals surface area (Å²) in [6.07, 6.45) is 3.72. The lowest BCUT2D eigenvalue weighted by molar-refractivity contribution is 0.0625. The van der Waals surface area contributed by atoms with E-state index >= 15 is 0 Å². The van der Waals surface area contributed by atoms with Gasteiger partial charge in [-0.25, -0.2) is 0 Å². The average molecular weight is 289 g/mol. The second kappa shape index (κ2) is 5.42. The van der Waals surface area contributed by atoms with E-state index in [9.17, 15) is 4.79 Å². The summed E-state index contributed by atoms with van der Waals surface area (Å²) in [6, 6.07) is 0. The van der Waals surface area contributed by atoms with Crippen LogP contribution in [0, 0.1) is 5.92 Å². The molecule has 0 aromatic carbocycles. The van der Waals surface area contributed by atoms with Crippen LogP contribution in [0.3, 0.4) is 0 Å². The topological polar surface area (TPSA) is 64.3 Å². The number of carbonyl (C=O) groups excluding carboxylic acids is 1. The summed E-state index contributed by atoms with van der Waals surface area (Å²) in [4.78, 5) is 17.1. The molecule has 1 aromatic rings. The number of aromatic amines is 1. The molecule has 6 nitrogen and oxygen atoms in total. The molecule has 1 aliphatic carbocycles. The molecular weight excluding hydrogens is 266 g/mol. The zero-order valence-electron chi connectivity index (χ0n) is 12.4. The number of hydrogen-bond acceptors (Lipinski definition) is 4. The highest BCUT2D eigenvalue weighted by Gasteiger charge is 2.30. The van der Waals surface area contributed by atoms with E-state index < -0.39 is 0 Å². The van der Waals surface area contributed by atoms with E-state index in [1.807, 2.05) is 4.90 Å². The fourth-order valence-corrected chi connectivity index (χ4v) is 3.35. The number of rotatable bonds is 3. The number of piperazine rings is 1. The third-order valence-corrected chi connectivity index (χ3v) is 4.88. The molecule has 0 unspecified atom stereocenters. The lowest BCUT2D eigenvalue weighted by Gasteiger charge is -2.34. The van der Waals surface area contributed by atoms with Gasteiger partial charge in [-0.2, -0.15) is 5.10 Å². The number of carbonyl (C=O) groups is 1. The van der Waals surface area contributed by atoms with Crippen molar-refractivity contribution in [3.05, 3.63) is 17.0 Å². The van der Waals surface area contributed by atoms with Crippen LogP contribution < -0.4 is 5.32 Å². The van der Waals surface area contributed by atoms with Crippen LogP contribution in [-0.4, -0.2) is 65.2 Å². The summed E-state index contributed by atoms with van der Waals surface area (Å²) in [5, 5.41) is 10.6. The lowest BCUT2D eigenvalue weighted by Crippen LogP contribution is -2.49. The average Bonchev–Trinajstić information content (AvgIpc) is 3.23. The Balaban J connectivity index is 1.40. The van der Waals surface area contributed by atoms with Crippen molar-refractivity contribution in [2.45, 2.75) is 25.8 Å². The van der Waals surface area contributed by atoms with Gasteiger partial charge in [0, 0.05) is 63.5 Å². The standard InChI is InChI=1S/C15H23N5O/c21-15(14-12-9-16-4-3-13(12)17-18-14)20-7-5-19(6-8-20)10-11-1-2-11/h11,16H,1-10H2,(H,17,18). The Bertz CT molecular complexity index is 528. The molecule has 1 saturated heterocycles. The molecule has 0 bridgehead atoms. The molecule has 0 atom stereocenters. The largest absolute Gasteiger partial charge is 0.335 e. The van der Waals surface area contributed by atoms with Crippen LogP contribution in [0.4, 0.5) is 0 Å². The maximum Gasteiger partial charge on any atom is 0.274 e. The predicted octanol–water partition coefficient (Wildman–Crippen LogP) is 0.223. The van der Waals surface area contributed by atoms with E-state index in [-0.39, 0.29) is 5.91 Å². The van der Waals surface area contributed by atoms with Gasteiger partial charge >= 0.3 is 0 Å². The molecule has 0 spiro atoms. The van der Waals surface area contributed by atoms with Gasteiger partial charge in [-0.15, -0.1) is 0 Å². The van der Waals surface area contributed by atoms with E-state index in [2.05, 4.69) is 20.4 Å². The molecule has 1 aromatic heterocycles. The molecule has 0 radical (unpaired) electrons. The Morgan fingerprint density at radius 2 is 2.05 bits per heavy atom. The molecule has 1 saturated carbocycles. The molecule has 2 aliphatic heterocycles. The SMILES string of the molecule is O=C(c1n[nH]c2c1CNCC2)N1CCN(CC2CC2)CC1.